The fourth-order valence-electron chi connectivity index (χ4n) is 0.916. The molecule has 1 aromatic heterocycles. The molecule has 11 heavy (non-hydrogen) atoms. The minimum absolute atomic E-state index is 0.302. The summed E-state index contributed by atoms with van der Waals surface area (Å²) in [5, 5.41) is 18.4. The Morgan fingerprint density at radius 2 is 2.27 bits per heavy atom. The van der Waals surface area contributed by atoms with E-state index in [0.717, 1.165) is 0 Å². The van der Waals surface area contributed by atoms with Crippen molar-refractivity contribution in [2.45, 2.75) is 0 Å². The van der Waals surface area contributed by atoms with Crippen molar-refractivity contribution in [3.05, 3.63) is 18.2 Å². The molecule has 0 saturated heterocycles. The van der Waals surface area contributed by atoms with Crippen molar-refractivity contribution in [1.29, 1.82) is 0 Å². The Kier molecular flexibility index (Phi) is 1.23. The molecule has 0 radical (unpaired) electrons. The molecule has 0 atom stereocenters. The quantitative estimate of drug-likeness (QED) is 0.467. The number of aromatic amines is 1. The number of para-hydroxylation sites is 1. The SMILES string of the molecule is OOc1cccc2n[nH]nc12. The van der Waals surface area contributed by atoms with E-state index in [0.29, 0.717) is 16.8 Å². The molecule has 0 unspecified atom stereocenters. The molecule has 0 amide bonds. The summed E-state index contributed by atoms with van der Waals surface area (Å²) in [6.45, 7) is 0. The number of nitrogens with zero attached hydrogens (tertiary/aromatic N) is 2. The summed E-state index contributed by atoms with van der Waals surface area (Å²) in [6, 6.07) is 5.09. The smallest absolute Gasteiger partial charge is 0.194 e. The van der Waals surface area contributed by atoms with Gasteiger partial charge in [-0.1, -0.05) is 6.07 Å². The first-order chi connectivity index (χ1) is 5.42. The highest BCUT2D eigenvalue weighted by Gasteiger charge is 2.03. The van der Waals surface area contributed by atoms with Crippen molar-refractivity contribution >= 4 is 11.0 Å². The second-order valence-corrected chi connectivity index (χ2v) is 2.04. The van der Waals surface area contributed by atoms with Crippen LogP contribution in [0.4, 0.5) is 0 Å². The van der Waals surface area contributed by atoms with Gasteiger partial charge in [0.05, 0.1) is 0 Å². The summed E-state index contributed by atoms with van der Waals surface area (Å²) in [4.78, 5) is 4.06. The molecule has 0 fully saturated rings. The van der Waals surface area contributed by atoms with Crippen LogP contribution in [0.15, 0.2) is 18.2 Å². The summed E-state index contributed by atoms with van der Waals surface area (Å²) >= 11 is 0. The molecular formula is C6H5N3O2. The van der Waals surface area contributed by atoms with Gasteiger partial charge in [-0.15, -0.1) is 0 Å². The van der Waals surface area contributed by atoms with Gasteiger partial charge >= 0.3 is 0 Å². The Balaban J connectivity index is 2.79. The summed E-state index contributed by atoms with van der Waals surface area (Å²) in [5.41, 5.74) is 1.19. The van der Waals surface area contributed by atoms with Crippen molar-refractivity contribution < 1.29 is 10.1 Å². The van der Waals surface area contributed by atoms with Gasteiger partial charge in [-0.3, -0.25) is 0 Å². The number of H-pyrrole nitrogens is 1. The molecule has 0 aliphatic carbocycles. The van der Waals surface area contributed by atoms with E-state index in [1.54, 1.807) is 18.2 Å². The molecule has 0 bridgehead atoms. The lowest BCUT2D eigenvalue weighted by molar-refractivity contribution is -0.136. The third kappa shape index (κ3) is 0.821. The van der Waals surface area contributed by atoms with Crippen molar-refractivity contribution in [1.82, 2.24) is 15.4 Å². The second-order valence-electron chi connectivity index (χ2n) is 2.04. The van der Waals surface area contributed by atoms with E-state index in [9.17, 15) is 0 Å². The Morgan fingerprint density at radius 3 is 3.09 bits per heavy atom. The minimum atomic E-state index is 0.302. The first kappa shape index (κ1) is 6.11. The highest BCUT2D eigenvalue weighted by Crippen LogP contribution is 2.19. The number of benzene rings is 1. The maximum absolute atomic E-state index is 8.37. The first-order valence-electron chi connectivity index (χ1n) is 3.03. The van der Waals surface area contributed by atoms with Gasteiger partial charge in [0.2, 0.25) is 0 Å². The summed E-state index contributed by atoms with van der Waals surface area (Å²) in [5.74, 6) is 0.302. The summed E-state index contributed by atoms with van der Waals surface area (Å²) in [6.07, 6.45) is 0. The van der Waals surface area contributed by atoms with Gasteiger partial charge in [-0.05, 0) is 12.1 Å². The molecule has 1 heterocycles. The molecule has 5 nitrogen and oxygen atoms in total. The third-order valence-electron chi connectivity index (χ3n) is 1.41. The topological polar surface area (TPSA) is 71.0 Å². The summed E-state index contributed by atoms with van der Waals surface area (Å²) in [7, 11) is 0. The van der Waals surface area contributed by atoms with Gasteiger partial charge in [0.25, 0.3) is 0 Å². The lowest BCUT2D eigenvalue weighted by atomic mass is 10.3. The zero-order valence-electron chi connectivity index (χ0n) is 5.48. The molecule has 5 heteroatoms. The number of hydrogen-bond donors (Lipinski definition) is 2. The zero-order valence-corrected chi connectivity index (χ0v) is 5.48. The number of aromatic nitrogens is 3. The van der Waals surface area contributed by atoms with Crippen LogP contribution >= 0.6 is 0 Å². The van der Waals surface area contributed by atoms with Crippen LogP contribution in [0.25, 0.3) is 11.0 Å². The fraction of sp³-hybridized carbons (Fsp3) is 0. The van der Waals surface area contributed by atoms with Crippen LogP contribution in [-0.4, -0.2) is 20.7 Å². The zero-order chi connectivity index (χ0) is 7.68. The van der Waals surface area contributed by atoms with Gasteiger partial charge in [0.15, 0.2) is 11.3 Å². The molecule has 0 spiro atoms. The fourth-order valence-corrected chi connectivity index (χ4v) is 0.916. The average molecular weight is 151 g/mol. The normalized spacial score (nSPS) is 10.3. The van der Waals surface area contributed by atoms with Crippen molar-refractivity contribution in [3.8, 4) is 5.75 Å². The molecule has 0 saturated carbocycles. The van der Waals surface area contributed by atoms with E-state index in [1.807, 2.05) is 0 Å². The van der Waals surface area contributed by atoms with E-state index in [2.05, 4.69) is 20.3 Å². The second kappa shape index (κ2) is 2.21. The van der Waals surface area contributed by atoms with Crippen molar-refractivity contribution in [2.75, 3.05) is 0 Å². The molecule has 0 aliphatic heterocycles. The van der Waals surface area contributed by atoms with Crippen LogP contribution in [0.3, 0.4) is 0 Å². The largest absolute Gasteiger partial charge is 0.338 e. The van der Waals surface area contributed by atoms with E-state index >= 15 is 0 Å². The average Bonchev–Trinajstić information content (AvgIpc) is 2.50. The van der Waals surface area contributed by atoms with Gasteiger partial charge in [-0.25, -0.2) is 5.26 Å². The molecule has 2 aromatic rings. The van der Waals surface area contributed by atoms with E-state index in [-0.39, 0.29) is 0 Å². The molecule has 2 N–H and O–H groups in total. The Labute approximate surface area is 61.5 Å². The van der Waals surface area contributed by atoms with Crippen LogP contribution in [0.5, 0.6) is 5.75 Å². The standard InChI is InChI=1S/C6H5N3O2/c10-11-5-3-1-2-4-6(5)8-9-7-4/h1-3,10H,(H,7,8,9). The number of rotatable bonds is 1. The van der Waals surface area contributed by atoms with Gasteiger partial charge in [-0.2, -0.15) is 15.4 Å². The van der Waals surface area contributed by atoms with Crippen LogP contribution in [0.1, 0.15) is 0 Å². The van der Waals surface area contributed by atoms with Crippen LogP contribution in [0, 0.1) is 0 Å². The molecular weight excluding hydrogens is 146 g/mol. The Hall–Kier alpha value is -1.62. The first-order valence-corrected chi connectivity index (χ1v) is 3.03. The minimum Gasteiger partial charge on any atom is -0.338 e. The maximum atomic E-state index is 8.37. The number of nitrogens with one attached hydrogen (secondary N) is 1. The molecule has 1 aromatic carbocycles. The molecule has 56 valence electrons. The third-order valence-corrected chi connectivity index (χ3v) is 1.41. The van der Waals surface area contributed by atoms with Crippen LogP contribution in [0.2, 0.25) is 0 Å². The van der Waals surface area contributed by atoms with Crippen molar-refractivity contribution in [2.24, 2.45) is 0 Å². The highest BCUT2D eigenvalue weighted by molar-refractivity contribution is 5.79. The Morgan fingerprint density at radius 1 is 1.36 bits per heavy atom. The lowest BCUT2D eigenvalue weighted by Gasteiger charge is -1.93. The van der Waals surface area contributed by atoms with Gasteiger partial charge < -0.3 is 4.89 Å². The molecule has 2 rings (SSSR count). The van der Waals surface area contributed by atoms with Crippen LogP contribution in [-0.2, 0) is 0 Å². The predicted octanol–water partition coefficient (Wildman–Crippen LogP) is 0.810. The summed E-state index contributed by atoms with van der Waals surface area (Å²) < 4.78 is 0. The van der Waals surface area contributed by atoms with E-state index in [4.69, 9.17) is 5.26 Å². The maximum Gasteiger partial charge on any atom is 0.194 e. The highest BCUT2D eigenvalue weighted by atomic mass is 17.1. The Bertz CT molecular complexity index is 371. The number of hydrogen-bond acceptors (Lipinski definition) is 4. The van der Waals surface area contributed by atoms with E-state index < -0.39 is 0 Å². The number of fused-ring (bicyclic) bond motifs is 1. The predicted molar refractivity (Wildman–Crippen MR) is 37.1 cm³/mol. The van der Waals surface area contributed by atoms with Crippen molar-refractivity contribution in [3.63, 3.8) is 0 Å². The lowest BCUT2D eigenvalue weighted by Crippen LogP contribution is -1.84. The van der Waals surface area contributed by atoms with Crippen LogP contribution < -0.4 is 4.89 Å². The molecule has 0 aliphatic rings. The van der Waals surface area contributed by atoms with E-state index in [1.165, 1.54) is 0 Å². The monoisotopic (exact) mass is 151 g/mol. The van der Waals surface area contributed by atoms with Gasteiger partial charge in [0, 0.05) is 0 Å². The van der Waals surface area contributed by atoms with Gasteiger partial charge in [0.1, 0.15) is 5.52 Å².